The molecule has 0 spiro atoms. The van der Waals surface area contributed by atoms with E-state index >= 15 is 0 Å². The predicted octanol–water partition coefficient (Wildman–Crippen LogP) is 4.02. The van der Waals surface area contributed by atoms with E-state index in [0.717, 1.165) is 24.3 Å². The Morgan fingerprint density at radius 1 is 1.20 bits per heavy atom. The smallest absolute Gasteiger partial charge is 0.0793 e. The molecule has 1 heterocycles. The SMILES string of the molecule is OC(CCc1cccnc1)c1cccc(C2CCC2)c1. The summed E-state index contributed by atoms with van der Waals surface area (Å²) in [7, 11) is 0. The molecule has 2 aromatic rings. The highest BCUT2D eigenvalue weighted by Crippen LogP contribution is 2.37. The average molecular weight is 267 g/mol. The Morgan fingerprint density at radius 2 is 2.10 bits per heavy atom. The van der Waals surface area contributed by atoms with E-state index in [9.17, 15) is 5.11 Å². The Morgan fingerprint density at radius 3 is 2.80 bits per heavy atom. The molecule has 1 atom stereocenters. The largest absolute Gasteiger partial charge is 0.388 e. The minimum Gasteiger partial charge on any atom is -0.388 e. The minimum absolute atomic E-state index is 0.379. The Labute approximate surface area is 120 Å². The maximum absolute atomic E-state index is 10.4. The quantitative estimate of drug-likeness (QED) is 0.887. The Balaban J connectivity index is 1.63. The van der Waals surface area contributed by atoms with Gasteiger partial charge in [0.25, 0.3) is 0 Å². The first-order chi connectivity index (χ1) is 9.83. The molecular formula is C18H21NO. The first-order valence-corrected chi connectivity index (χ1v) is 7.50. The van der Waals surface area contributed by atoms with Crippen LogP contribution in [-0.4, -0.2) is 10.1 Å². The zero-order valence-electron chi connectivity index (χ0n) is 11.7. The summed E-state index contributed by atoms with van der Waals surface area (Å²) in [5.74, 6) is 0.723. The fraction of sp³-hybridized carbons (Fsp3) is 0.389. The van der Waals surface area contributed by atoms with Crippen molar-refractivity contribution in [2.75, 3.05) is 0 Å². The van der Waals surface area contributed by atoms with Crippen molar-refractivity contribution in [3.05, 3.63) is 65.5 Å². The second-order valence-electron chi connectivity index (χ2n) is 5.71. The van der Waals surface area contributed by atoms with Crippen molar-refractivity contribution in [3.8, 4) is 0 Å². The predicted molar refractivity (Wildman–Crippen MR) is 80.6 cm³/mol. The summed E-state index contributed by atoms with van der Waals surface area (Å²) in [6.07, 6.45) is 8.83. The van der Waals surface area contributed by atoms with E-state index in [1.54, 1.807) is 6.20 Å². The lowest BCUT2D eigenvalue weighted by molar-refractivity contribution is 0.167. The normalized spacial score (nSPS) is 16.6. The van der Waals surface area contributed by atoms with Crippen molar-refractivity contribution in [1.82, 2.24) is 4.98 Å². The van der Waals surface area contributed by atoms with Crippen LogP contribution in [0, 0.1) is 0 Å². The second-order valence-corrected chi connectivity index (χ2v) is 5.71. The van der Waals surface area contributed by atoms with E-state index in [1.807, 2.05) is 18.3 Å². The first-order valence-electron chi connectivity index (χ1n) is 7.50. The van der Waals surface area contributed by atoms with Crippen LogP contribution in [0.4, 0.5) is 0 Å². The van der Waals surface area contributed by atoms with Gasteiger partial charge in [-0.25, -0.2) is 0 Å². The van der Waals surface area contributed by atoms with Gasteiger partial charge in [0.2, 0.25) is 0 Å². The molecular weight excluding hydrogens is 246 g/mol. The third-order valence-corrected chi connectivity index (χ3v) is 4.30. The van der Waals surface area contributed by atoms with Gasteiger partial charge in [0, 0.05) is 12.4 Å². The van der Waals surface area contributed by atoms with Crippen molar-refractivity contribution in [2.45, 2.75) is 44.1 Å². The van der Waals surface area contributed by atoms with Crippen LogP contribution in [0.3, 0.4) is 0 Å². The van der Waals surface area contributed by atoms with E-state index in [1.165, 1.54) is 30.4 Å². The van der Waals surface area contributed by atoms with Crippen molar-refractivity contribution in [1.29, 1.82) is 0 Å². The summed E-state index contributed by atoms with van der Waals surface area (Å²) in [4.78, 5) is 4.11. The highest BCUT2D eigenvalue weighted by Gasteiger charge is 2.20. The average Bonchev–Trinajstić information content (AvgIpc) is 2.44. The monoisotopic (exact) mass is 267 g/mol. The molecule has 1 aromatic carbocycles. The molecule has 1 unspecified atom stereocenters. The third kappa shape index (κ3) is 3.07. The van der Waals surface area contributed by atoms with Gasteiger partial charge in [-0.2, -0.15) is 0 Å². The van der Waals surface area contributed by atoms with Gasteiger partial charge in [-0.1, -0.05) is 36.8 Å². The van der Waals surface area contributed by atoms with Crippen LogP contribution in [0.5, 0.6) is 0 Å². The number of nitrogens with zero attached hydrogens (tertiary/aromatic N) is 1. The molecule has 0 radical (unpaired) electrons. The fourth-order valence-corrected chi connectivity index (χ4v) is 2.78. The van der Waals surface area contributed by atoms with Crippen LogP contribution in [0.25, 0.3) is 0 Å². The topological polar surface area (TPSA) is 33.1 Å². The number of aromatic nitrogens is 1. The van der Waals surface area contributed by atoms with Gasteiger partial charge in [0.15, 0.2) is 0 Å². The molecule has 1 saturated carbocycles. The fourth-order valence-electron chi connectivity index (χ4n) is 2.78. The van der Waals surface area contributed by atoms with E-state index in [2.05, 4.69) is 29.2 Å². The molecule has 104 valence electrons. The zero-order chi connectivity index (χ0) is 13.8. The minimum atomic E-state index is -0.379. The number of pyridine rings is 1. The lowest BCUT2D eigenvalue weighted by Gasteiger charge is -2.26. The molecule has 0 saturated heterocycles. The van der Waals surface area contributed by atoms with E-state index in [-0.39, 0.29) is 6.10 Å². The molecule has 1 fully saturated rings. The molecule has 2 nitrogen and oxygen atoms in total. The summed E-state index contributed by atoms with van der Waals surface area (Å²) in [6, 6.07) is 12.5. The number of hydrogen-bond acceptors (Lipinski definition) is 2. The standard InChI is InChI=1S/C18H21NO/c20-18(10-9-14-4-3-11-19-13-14)17-8-2-7-16(12-17)15-5-1-6-15/h2-4,7-8,11-13,15,18,20H,1,5-6,9-10H2. The van der Waals surface area contributed by atoms with Gasteiger partial charge in [-0.05, 0) is 54.4 Å². The maximum atomic E-state index is 10.4. The van der Waals surface area contributed by atoms with Crippen molar-refractivity contribution >= 4 is 0 Å². The summed E-state index contributed by atoms with van der Waals surface area (Å²) >= 11 is 0. The molecule has 0 amide bonds. The van der Waals surface area contributed by atoms with Gasteiger partial charge >= 0.3 is 0 Å². The molecule has 2 heteroatoms. The van der Waals surface area contributed by atoms with Gasteiger partial charge in [-0.15, -0.1) is 0 Å². The van der Waals surface area contributed by atoms with Crippen LogP contribution in [0.15, 0.2) is 48.8 Å². The lowest BCUT2D eigenvalue weighted by atomic mass is 9.79. The number of hydrogen-bond donors (Lipinski definition) is 1. The molecule has 1 aromatic heterocycles. The van der Waals surface area contributed by atoms with Gasteiger partial charge in [0.05, 0.1) is 6.10 Å². The summed E-state index contributed by atoms with van der Waals surface area (Å²) < 4.78 is 0. The summed E-state index contributed by atoms with van der Waals surface area (Å²) in [5.41, 5.74) is 3.63. The number of aryl methyl sites for hydroxylation is 1. The zero-order valence-corrected chi connectivity index (χ0v) is 11.7. The molecule has 0 bridgehead atoms. The van der Waals surface area contributed by atoms with E-state index < -0.39 is 0 Å². The van der Waals surface area contributed by atoms with Gasteiger partial charge in [-0.3, -0.25) is 4.98 Å². The van der Waals surface area contributed by atoms with Crippen molar-refractivity contribution in [3.63, 3.8) is 0 Å². The van der Waals surface area contributed by atoms with E-state index in [0.29, 0.717) is 0 Å². The van der Waals surface area contributed by atoms with Crippen LogP contribution < -0.4 is 0 Å². The number of benzene rings is 1. The summed E-state index contributed by atoms with van der Waals surface area (Å²) in [6.45, 7) is 0. The Kier molecular flexibility index (Phi) is 4.12. The molecule has 3 rings (SSSR count). The number of aliphatic hydroxyl groups excluding tert-OH is 1. The Bertz CT molecular complexity index is 548. The highest BCUT2D eigenvalue weighted by molar-refractivity contribution is 5.29. The molecule has 1 N–H and O–H groups in total. The maximum Gasteiger partial charge on any atom is 0.0793 e. The van der Waals surface area contributed by atoms with Crippen LogP contribution in [-0.2, 0) is 6.42 Å². The van der Waals surface area contributed by atoms with Crippen molar-refractivity contribution < 1.29 is 5.11 Å². The Hall–Kier alpha value is -1.67. The summed E-state index contributed by atoms with van der Waals surface area (Å²) in [5, 5.41) is 10.4. The van der Waals surface area contributed by atoms with Crippen molar-refractivity contribution in [2.24, 2.45) is 0 Å². The highest BCUT2D eigenvalue weighted by atomic mass is 16.3. The molecule has 0 aliphatic heterocycles. The number of aliphatic hydroxyl groups is 1. The second kappa shape index (κ2) is 6.19. The van der Waals surface area contributed by atoms with E-state index in [4.69, 9.17) is 0 Å². The molecule has 1 aliphatic carbocycles. The van der Waals surface area contributed by atoms with Crippen LogP contribution in [0.2, 0.25) is 0 Å². The van der Waals surface area contributed by atoms with Gasteiger partial charge in [0.1, 0.15) is 0 Å². The molecule has 1 aliphatic rings. The third-order valence-electron chi connectivity index (χ3n) is 4.30. The van der Waals surface area contributed by atoms with Crippen LogP contribution in [0.1, 0.15) is 54.4 Å². The van der Waals surface area contributed by atoms with Gasteiger partial charge < -0.3 is 5.11 Å². The first kappa shape index (κ1) is 13.3. The van der Waals surface area contributed by atoms with Crippen LogP contribution >= 0.6 is 0 Å². The number of rotatable bonds is 5. The lowest BCUT2D eigenvalue weighted by Crippen LogP contribution is -2.09. The molecule has 20 heavy (non-hydrogen) atoms.